The van der Waals surface area contributed by atoms with Gasteiger partial charge in [-0.05, 0) is 18.4 Å². The van der Waals surface area contributed by atoms with Crippen molar-refractivity contribution < 1.29 is 51.0 Å². The fourth-order valence-electron chi connectivity index (χ4n) is 2.79. The van der Waals surface area contributed by atoms with E-state index in [1.54, 1.807) is 0 Å². The summed E-state index contributed by atoms with van der Waals surface area (Å²) in [5, 5.41) is 2.86. The van der Waals surface area contributed by atoms with E-state index in [0.29, 0.717) is 0 Å². The van der Waals surface area contributed by atoms with Crippen molar-refractivity contribution in [1.29, 1.82) is 0 Å². The molecule has 0 aliphatic heterocycles. The van der Waals surface area contributed by atoms with E-state index in [4.69, 9.17) is 0 Å². The van der Waals surface area contributed by atoms with Gasteiger partial charge in [-0.2, -0.15) is 6.07 Å². The Bertz CT molecular complexity index is 702. The summed E-state index contributed by atoms with van der Waals surface area (Å²) in [6.07, 6.45) is 2.23. The second kappa shape index (κ2) is 9.61. The van der Waals surface area contributed by atoms with Gasteiger partial charge < -0.3 is 24.8 Å². The molecule has 0 saturated heterocycles. The molecule has 0 heterocycles. The Morgan fingerprint density at radius 1 is 0.864 bits per heavy atom. The van der Waals surface area contributed by atoms with Crippen molar-refractivity contribution in [3.05, 3.63) is 76.9 Å². The Labute approximate surface area is 164 Å². The molecule has 0 atom stereocenters. The van der Waals surface area contributed by atoms with Gasteiger partial charge in [-0.3, -0.25) is 0 Å². The molecule has 3 rings (SSSR count). The molecule has 0 spiro atoms. The van der Waals surface area contributed by atoms with E-state index >= 15 is 0 Å². The molecule has 3 aromatic rings. The standard InChI is InChI=1S/C19H19.2ClH.Zr/c1-14-12-18-15(2)8-10-17(19(18)13-14)11-9-16-6-4-3-5-7-16;;;/h3-8,10,12-13H,9,11H2,1-2H3;2*1H;/q-1;;;+3/p-2. The molecule has 113 valence electrons. The van der Waals surface area contributed by atoms with Crippen LogP contribution in [0.2, 0.25) is 0 Å². The molecule has 0 bridgehead atoms. The van der Waals surface area contributed by atoms with Gasteiger partial charge in [0.1, 0.15) is 0 Å². The Hall–Kier alpha value is -0.487. The number of hydrogen-bond donors (Lipinski definition) is 0. The van der Waals surface area contributed by atoms with Crippen molar-refractivity contribution in [3.63, 3.8) is 0 Å². The van der Waals surface area contributed by atoms with Crippen LogP contribution in [-0.4, -0.2) is 0 Å². The van der Waals surface area contributed by atoms with Crippen LogP contribution in [0.3, 0.4) is 0 Å². The van der Waals surface area contributed by atoms with Gasteiger partial charge in [-0.1, -0.05) is 55.8 Å². The molecule has 22 heavy (non-hydrogen) atoms. The Balaban J connectivity index is 0.00000147. The average Bonchev–Trinajstić information content (AvgIpc) is 2.82. The monoisotopic (exact) mass is 407 g/mol. The summed E-state index contributed by atoms with van der Waals surface area (Å²) in [5.74, 6) is 0. The predicted molar refractivity (Wildman–Crippen MR) is 82.9 cm³/mol. The van der Waals surface area contributed by atoms with Crippen LogP contribution in [0.15, 0.2) is 54.6 Å². The first-order valence-corrected chi connectivity index (χ1v) is 6.93. The van der Waals surface area contributed by atoms with E-state index in [9.17, 15) is 0 Å². The molecule has 0 aromatic heterocycles. The van der Waals surface area contributed by atoms with E-state index in [0.717, 1.165) is 12.8 Å². The second-order valence-corrected chi connectivity index (χ2v) is 5.39. The normalized spacial score (nSPS) is 9.55. The van der Waals surface area contributed by atoms with Crippen LogP contribution < -0.4 is 24.8 Å². The second-order valence-electron chi connectivity index (χ2n) is 5.39. The zero-order valence-electron chi connectivity index (χ0n) is 12.9. The van der Waals surface area contributed by atoms with Crippen LogP contribution >= 0.6 is 0 Å². The predicted octanol–water partition coefficient (Wildman–Crippen LogP) is -1.03. The smallest absolute Gasteiger partial charge is 1.00 e. The van der Waals surface area contributed by atoms with Crippen molar-refractivity contribution in [2.24, 2.45) is 0 Å². The number of rotatable bonds is 3. The van der Waals surface area contributed by atoms with Crippen molar-refractivity contribution >= 4 is 10.8 Å². The van der Waals surface area contributed by atoms with Gasteiger partial charge >= 0.3 is 26.2 Å². The number of benzene rings is 2. The summed E-state index contributed by atoms with van der Waals surface area (Å²) in [4.78, 5) is 0. The van der Waals surface area contributed by atoms with Crippen molar-refractivity contribution in [1.82, 2.24) is 0 Å². The zero-order chi connectivity index (χ0) is 13.2. The van der Waals surface area contributed by atoms with E-state index < -0.39 is 0 Å². The van der Waals surface area contributed by atoms with Crippen LogP contribution in [0, 0.1) is 13.8 Å². The van der Waals surface area contributed by atoms with E-state index in [-0.39, 0.29) is 51.0 Å². The summed E-state index contributed by atoms with van der Waals surface area (Å²) < 4.78 is 0. The fourth-order valence-corrected chi connectivity index (χ4v) is 2.79. The molecule has 0 N–H and O–H groups in total. The molecule has 3 heteroatoms. The molecule has 0 nitrogen and oxygen atoms in total. The van der Waals surface area contributed by atoms with E-state index in [2.05, 4.69) is 68.4 Å². The quantitative estimate of drug-likeness (QED) is 0.486. The van der Waals surface area contributed by atoms with Gasteiger partial charge in [0.2, 0.25) is 0 Å². The van der Waals surface area contributed by atoms with E-state index in [1.165, 1.54) is 33.0 Å². The summed E-state index contributed by atoms with van der Waals surface area (Å²) in [5.41, 5.74) is 5.63. The average molecular weight is 409 g/mol. The Kier molecular flexibility index (Phi) is 9.39. The molecule has 0 amide bonds. The summed E-state index contributed by atoms with van der Waals surface area (Å²) >= 11 is 0. The third-order valence-corrected chi connectivity index (χ3v) is 3.87. The third kappa shape index (κ3) is 4.75. The summed E-state index contributed by atoms with van der Waals surface area (Å²) in [7, 11) is 0. The maximum absolute atomic E-state index is 2.32. The largest absolute Gasteiger partial charge is 3.00 e. The minimum atomic E-state index is 0. The molecule has 0 aliphatic carbocycles. The molecule has 0 aliphatic rings. The third-order valence-electron chi connectivity index (χ3n) is 3.87. The first-order chi connectivity index (χ1) is 9.24. The topological polar surface area (TPSA) is 0 Å². The molecular formula is C19H19Cl2Zr. The van der Waals surface area contributed by atoms with Gasteiger partial charge in [0, 0.05) is 0 Å². The number of fused-ring (bicyclic) bond motifs is 1. The SMILES string of the molecule is Cc1cc2c(CCc3ccccc3)ccc(C)c2[cH-]1.[Cl-].[Cl-].[Zr+3]. The maximum atomic E-state index is 2.32. The zero-order valence-corrected chi connectivity index (χ0v) is 16.8. The fraction of sp³-hybridized carbons (Fsp3) is 0.211. The molecular weight excluding hydrogens is 390 g/mol. The summed E-state index contributed by atoms with van der Waals surface area (Å²) in [6.45, 7) is 4.38. The molecule has 0 saturated carbocycles. The first kappa shape index (κ1) is 21.5. The van der Waals surface area contributed by atoms with Crippen LogP contribution in [0.5, 0.6) is 0 Å². The molecule has 1 radical (unpaired) electrons. The van der Waals surface area contributed by atoms with Crippen LogP contribution in [0.1, 0.15) is 22.3 Å². The minimum Gasteiger partial charge on any atom is -1.00 e. The van der Waals surface area contributed by atoms with Crippen LogP contribution in [-0.2, 0) is 39.0 Å². The molecule has 0 unspecified atom stereocenters. The van der Waals surface area contributed by atoms with Gasteiger partial charge in [-0.25, -0.2) is 0 Å². The molecule has 3 aromatic carbocycles. The maximum Gasteiger partial charge on any atom is 3.00 e. The van der Waals surface area contributed by atoms with Gasteiger partial charge in [0.25, 0.3) is 0 Å². The first-order valence-electron chi connectivity index (χ1n) is 6.93. The number of halogens is 2. The Morgan fingerprint density at radius 3 is 2.23 bits per heavy atom. The van der Waals surface area contributed by atoms with Crippen molar-refractivity contribution in [3.8, 4) is 0 Å². The van der Waals surface area contributed by atoms with Crippen molar-refractivity contribution in [2.75, 3.05) is 0 Å². The van der Waals surface area contributed by atoms with Gasteiger partial charge in [-0.15, -0.1) is 34.0 Å². The van der Waals surface area contributed by atoms with Gasteiger partial charge in [0.15, 0.2) is 0 Å². The van der Waals surface area contributed by atoms with Crippen molar-refractivity contribution in [2.45, 2.75) is 26.7 Å². The van der Waals surface area contributed by atoms with Crippen LogP contribution in [0.4, 0.5) is 0 Å². The number of hydrogen-bond acceptors (Lipinski definition) is 0. The summed E-state index contributed by atoms with van der Waals surface area (Å²) in [6, 6.07) is 19.9. The minimum absolute atomic E-state index is 0. The van der Waals surface area contributed by atoms with Gasteiger partial charge in [0.05, 0.1) is 0 Å². The number of aryl methyl sites for hydroxylation is 4. The Morgan fingerprint density at radius 2 is 1.55 bits per heavy atom. The van der Waals surface area contributed by atoms with E-state index in [1.807, 2.05) is 0 Å². The molecule has 0 fully saturated rings. The van der Waals surface area contributed by atoms with Crippen LogP contribution in [0.25, 0.3) is 10.8 Å².